The zero-order valence-corrected chi connectivity index (χ0v) is 17.3. The van der Waals surface area contributed by atoms with E-state index in [-0.39, 0.29) is 22.9 Å². The van der Waals surface area contributed by atoms with E-state index in [4.69, 9.17) is 0 Å². The molecule has 1 aliphatic rings. The quantitative estimate of drug-likeness (QED) is 0.758. The molecule has 0 aromatic heterocycles. The maximum atomic E-state index is 12.2. The van der Waals surface area contributed by atoms with Gasteiger partial charge in [-0.1, -0.05) is 24.3 Å². The summed E-state index contributed by atoms with van der Waals surface area (Å²) in [4.78, 5) is 26.0. The number of sulfone groups is 1. The molecule has 2 N–H and O–H groups in total. The number of anilines is 1. The van der Waals surface area contributed by atoms with Gasteiger partial charge in [-0.15, -0.1) is 0 Å². The largest absolute Gasteiger partial charge is 0.334 e. The predicted octanol–water partition coefficient (Wildman–Crippen LogP) is 2.78. The molecule has 8 heteroatoms. The molecule has 2 aromatic carbocycles. The minimum absolute atomic E-state index is 0.147. The molecule has 154 valence electrons. The van der Waals surface area contributed by atoms with Crippen LogP contribution in [0.15, 0.2) is 53.4 Å². The first-order valence-electron chi connectivity index (χ1n) is 9.48. The van der Waals surface area contributed by atoms with Gasteiger partial charge in [0.15, 0.2) is 9.84 Å². The molecule has 3 amide bonds. The first-order valence-corrected chi connectivity index (χ1v) is 11.4. The van der Waals surface area contributed by atoms with Gasteiger partial charge in [-0.05, 0) is 48.7 Å². The summed E-state index contributed by atoms with van der Waals surface area (Å²) in [7, 11) is -3.24. The third kappa shape index (κ3) is 5.35. The monoisotopic (exact) mass is 415 g/mol. The van der Waals surface area contributed by atoms with Crippen LogP contribution in [0.2, 0.25) is 0 Å². The molecule has 0 radical (unpaired) electrons. The molecule has 0 spiro atoms. The van der Waals surface area contributed by atoms with Crippen LogP contribution >= 0.6 is 0 Å². The maximum Gasteiger partial charge on any atom is 0.315 e. The minimum atomic E-state index is -3.24. The number of hydrogen-bond acceptors (Lipinski definition) is 4. The van der Waals surface area contributed by atoms with Crippen LogP contribution < -0.4 is 15.5 Å². The van der Waals surface area contributed by atoms with Crippen LogP contribution in [0.3, 0.4) is 0 Å². The fourth-order valence-electron chi connectivity index (χ4n) is 3.23. The van der Waals surface area contributed by atoms with E-state index in [1.165, 1.54) is 12.1 Å². The summed E-state index contributed by atoms with van der Waals surface area (Å²) in [5, 5.41) is 5.64. The van der Waals surface area contributed by atoms with Gasteiger partial charge in [0, 0.05) is 31.5 Å². The zero-order chi connectivity index (χ0) is 21.0. The summed E-state index contributed by atoms with van der Waals surface area (Å²) in [6, 6.07) is 13.5. The number of urea groups is 1. The van der Waals surface area contributed by atoms with Crippen LogP contribution in [0, 0.1) is 0 Å². The minimum Gasteiger partial charge on any atom is -0.334 e. The topological polar surface area (TPSA) is 95.6 Å². The third-order valence-electron chi connectivity index (χ3n) is 4.93. The number of carbonyl (C=O) groups excluding carboxylic acids is 2. The lowest BCUT2D eigenvalue weighted by Crippen LogP contribution is -2.36. The summed E-state index contributed by atoms with van der Waals surface area (Å²) in [5.74, 6) is 0.147. The molecule has 0 bridgehead atoms. The van der Waals surface area contributed by atoms with E-state index in [1.807, 2.05) is 31.2 Å². The summed E-state index contributed by atoms with van der Waals surface area (Å²) in [6.07, 6.45) is 2.64. The first-order chi connectivity index (χ1) is 13.7. The lowest BCUT2D eigenvalue weighted by molar-refractivity contribution is -0.117. The Bertz CT molecular complexity index is 986. The summed E-state index contributed by atoms with van der Waals surface area (Å²) in [6.45, 7) is 2.94. The highest BCUT2D eigenvalue weighted by Crippen LogP contribution is 2.21. The molecule has 29 heavy (non-hydrogen) atoms. The Morgan fingerprint density at radius 2 is 1.76 bits per heavy atom. The molecule has 2 aromatic rings. The second-order valence-electron chi connectivity index (χ2n) is 7.21. The summed E-state index contributed by atoms with van der Waals surface area (Å²) < 4.78 is 23.0. The van der Waals surface area contributed by atoms with Gasteiger partial charge in [-0.2, -0.15) is 0 Å². The van der Waals surface area contributed by atoms with Crippen molar-refractivity contribution in [3.63, 3.8) is 0 Å². The Kier molecular flexibility index (Phi) is 6.22. The van der Waals surface area contributed by atoms with Gasteiger partial charge in [-0.3, -0.25) is 4.79 Å². The van der Waals surface area contributed by atoms with Crippen LogP contribution in [-0.2, 0) is 21.2 Å². The third-order valence-corrected chi connectivity index (χ3v) is 6.06. The molecular weight excluding hydrogens is 390 g/mol. The van der Waals surface area contributed by atoms with Crippen molar-refractivity contribution in [1.82, 2.24) is 10.6 Å². The van der Waals surface area contributed by atoms with Crippen molar-refractivity contribution in [3.05, 3.63) is 59.7 Å². The molecule has 1 aliphatic heterocycles. The SMILES string of the molecule is CC(NC(=O)NCc1ccc(N2CCCC2=O)cc1)c1ccc(S(C)(=O)=O)cc1. The number of nitrogens with one attached hydrogen (secondary N) is 2. The van der Waals surface area contributed by atoms with E-state index in [0.29, 0.717) is 13.0 Å². The van der Waals surface area contributed by atoms with Crippen LogP contribution in [0.1, 0.15) is 36.9 Å². The van der Waals surface area contributed by atoms with Crippen molar-refractivity contribution in [3.8, 4) is 0 Å². The number of hydrogen-bond donors (Lipinski definition) is 2. The number of amides is 3. The second kappa shape index (κ2) is 8.65. The van der Waals surface area contributed by atoms with Crippen molar-refractivity contribution in [2.45, 2.75) is 37.2 Å². The van der Waals surface area contributed by atoms with Gasteiger partial charge in [-0.25, -0.2) is 13.2 Å². The fraction of sp³-hybridized carbons (Fsp3) is 0.333. The zero-order valence-electron chi connectivity index (χ0n) is 16.5. The van der Waals surface area contributed by atoms with Crippen molar-refractivity contribution < 1.29 is 18.0 Å². The maximum absolute atomic E-state index is 12.2. The lowest BCUT2D eigenvalue weighted by Gasteiger charge is -2.17. The van der Waals surface area contributed by atoms with E-state index in [9.17, 15) is 18.0 Å². The first kappa shape index (κ1) is 20.9. The number of carbonyl (C=O) groups is 2. The standard InChI is InChI=1S/C21H25N3O4S/c1-15(17-7-11-19(12-8-17)29(2,27)28)23-21(26)22-14-16-5-9-18(10-6-16)24-13-3-4-20(24)25/h5-12,15H,3-4,13-14H2,1-2H3,(H2,22,23,26). The summed E-state index contributed by atoms with van der Waals surface area (Å²) in [5.41, 5.74) is 2.62. The van der Waals surface area contributed by atoms with Crippen LogP contribution in [0.25, 0.3) is 0 Å². The van der Waals surface area contributed by atoms with Crippen molar-refractivity contribution in [2.24, 2.45) is 0 Å². The van der Waals surface area contributed by atoms with Gasteiger partial charge in [0.25, 0.3) is 0 Å². The van der Waals surface area contributed by atoms with Gasteiger partial charge in [0.1, 0.15) is 0 Å². The molecule has 1 fully saturated rings. The highest BCUT2D eigenvalue weighted by molar-refractivity contribution is 7.90. The normalized spacial score (nSPS) is 15.2. The van der Waals surface area contributed by atoms with Crippen LogP contribution in [0.4, 0.5) is 10.5 Å². The molecule has 1 atom stereocenters. The lowest BCUT2D eigenvalue weighted by atomic mass is 10.1. The molecule has 1 heterocycles. The number of nitrogens with zero attached hydrogens (tertiary/aromatic N) is 1. The smallest absolute Gasteiger partial charge is 0.315 e. The fourth-order valence-corrected chi connectivity index (χ4v) is 3.86. The highest BCUT2D eigenvalue weighted by Gasteiger charge is 2.21. The Hall–Kier alpha value is -2.87. The van der Waals surface area contributed by atoms with Gasteiger partial charge >= 0.3 is 6.03 Å². The van der Waals surface area contributed by atoms with Gasteiger partial charge in [0.05, 0.1) is 10.9 Å². The summed E-state index contributed by atoms with van der Waals surface area (Å²) >= 11 is 0. The van der Waals surface area contributed by atoms with Gasteiger partial charge < -0.3 is 15.5 Å². The van der Waals surface area contributed by atoms with Crippen molar-refractivity contribution in [1.29, 1.82) is 0 Å². The van der Waals surface area contributed by atoms with Crippen LogP contribution in [-0.4, -0.2) is 33.2 Å². The van der Waals surface area contributed by atoms with Crippen LogP contribution in [0.5, 0.6) is 0 Å². The second-order valence-corrected chi connectivity index (χ2v) is 9.22. The Balaban J connectivity index is 1.51. The van der Waals surface area contributed by atoms with Gasteiger partial charge in [0.2, 0.25) is 5.91 Å². The molecule has 7 nitrogen and oxygen atoms in total. The Morgan fingerprint density at radius 3 is 2.31 bits per heavy atom. The average Bonchev–Trinajstić information content (AvgIpc) is 3.12. The molecule has 0 aliphatic carbocycles. The van der Waals surface area contributed by atoms with E-state index in [1.54, 1.807) is 17.0 Å². The van der Waals surface area contributed by atoms with E-state index >= 15 is 0 Å². The molecule has 3 rings (SSSR count). The van der Waals surface area contributed by atoms with Crippen molar-refractivity contribution >= 4 is 27.5 Å². The van der Waals surface area contributed by atoms with E-state index in [2.05, 4.69) is 10.6 Å². The number of benzene rings is 2. The van der Waals surface area contributed by atoms with E-state index in [0.717, 1.165) is 36.0 Å². The van der Waals surface area contributed by atoms with E-state index < -0.39 is 9.84 Å². The number of rotatable bonds is 6. The Labute approximate surface area is 171 Å². The Morgan fingerprint density at radius 1 is 1.10 bits per heavy atom. The molecule has 1 saturated heterocycles. The molecule has 0 saturated carbocycles. The highest BCUT2D eigenvalue weighted by atomic mass is 32.2. The molecule has 1 unspecified atom stereocenters. The molecular formula is C21H25N3O4S. The average molecular weight is 416 g/mol. The van der Waals surface area contributed by atoms with Crippen molar-refractivity contribution in [2.75, 3.05) is 17.7 Å². The predicted molar refractivity (Wildman–Crippen MR) is 111 cm³/mol.